The van der Waals surface area contributed by atoms with Crippen LogP contribution < -0.4 is 16.0 Å². The molecule has 0 bridgehead atoms. The lowest BCUT2D eigenvalue weighted by atomic mass is 10.4. The molecule has 0 atom stereocenters. The van der Waals surface area contributed by atoms with Gasteiger partial charge in [0.1, 0.15) is 11.0 Å². The van der Waals surface area contributed by atoms with Gasteiger partial charge >= 0.3 is 5.97 Å². The fraction of sp³-hybridized carbons (Fsp3) is 0.500. The fourth-order valence-electron chi connectivity index (χ4n) is 1.38. The number of nitrogens with zero attached hydrogens (tertiary/aromatic N) is 2. The Hall–Kier alpha value is -1.46. The van der Waals surface area contributed by atoms with Crippen molar-refractivity contribution in [2.24, 2.45) is 5.14 Å². The molecule has 118 valence electrons. The molecular weight excluding hydrogens is 368 g/mol. The molecule has 0 aromatic carbocycles. The second-order valence-electron chi connectivity index (χ2n) is 4.06. The van der Waals surface area contributed by atoms with Gasteiger partial charge in [-0.3, -0.25) is 9.59 Å². The number of sulfonamides is 1. The van der Waals surface area contributed by atoms with Crippen molar-refractivity contribution < 1.29 is 17.9 Å². The first-order valence-electron chi connectivity index (χ1n) is 5.81. The maximum atomic E-state index is 11.9. The predicted octanol–water partition coefficient (Wildman–Crippen LogP) is -0.731. The van der Waals surface area contributed by atoms with E-state index >= 15 is 0 Å². The number of halogens is 1. The van der Waals surface area contributed by atoms with Gasteiger partial charge in [-0.05, 0) is 22.4 Å². The highest BCUT2D eigenvalue weighted by molar-refractivity contribution is 9.10. The van der Waals surface area contributed by atoms with Crippen LogP contribution in [0.15, 0.2) is 15.5 Å². The van der Waals surface area contributed by atoms with Gasteiger partial charge in [0.25, 0.3) is 5.56 Å². The number of carbonyl (C=O) groups is 1. The highest BCUT2D eigenvalue weighted by atomic mass is 79.9. The van der Waals surface area contributed by atoms with Gasteiger partial charge in [0.2, 0.25) is 10.0 Å². The Balaban J connectivity index is 2.71. The fourth-order valence-corrected chi connectivity index (χ4v) is 2.38. The maximum Gasteiger partial charge on any atom is 0.327 e. The quantitative estimate of drug-likeness (QED) is 0.468. The Morgan fingerprint density at radius 1 is 1.57 bits per heavy atom. The highest BCUT2D eigenvalue weighted by Gasteiger charge is 2.11. The Morgan fingerprint density at radius 2 is 2.24 bits per heavy atom. The molecule has 0 saturated heterocycles. The van der Waals surface area contributed by atoms with E-state index in [1.54, 1.807) is 0 Å². The molecule has 1 rings (SSSR count). The smallest absolute Gasteiger partial charge is 0.327 e. The van der Waals surface area contributed by atoms with Crippen LogP contribution in [0.3, 0.4) is 0 Å². The Kier molecular flexibility index (Phi) is 6.30. The molecule has 0 aliphatic rings. The highest BCUT2D eigenvalue weighted by Crippen LogP contribution is 2.15. The molecule has 9 nitrogen and oxygen atoms in total. The lowest BCUT2D eigenvalue weighted by Crippen LogP contribution is -2.28. The molecule has 0 fully saturated rings. The largest absolute Gasteiger partial charge is 0.468 e. The molecule has 11 heteroatoms. The van der Waals surface area contributed by atoms with Crippen molar-refractivity contribution in [2.75, 3.05) is 24.7 Å². The third-order valence-corrected chi connectivity index (χ3v) is 4.04. The Morgan fingerprint density at radius 3 is 2.81 bits per heavy atom. The Labute approximate surface area is 129 Å². The number of primary sulfonamides is 1. The van der Waals surface area contributed by atoms with Crippen LogP contribution in [0.25, 0.3) is 0 Å². The zero-order valence-corrected chi connectivity index (χ0v) is 13.6. The van der Waals surface area contributed by atoms with E-state index in [0.29, 0.717) is 12.2 Å². The van der Waals surface area contributed by atoms with E-state index in [1.807, 2.05) is 0 Å². The van der Waals surface area contributed by atoms with Gasteiger partial charge in [-0.15, -0.1) is 0 Å². The van der Waals surface area contributed by atoms with Gasteiger partial charge in [0.05, 0.1) is 24.7 Å². The number of ether oxygens (including phenoxy) is 1. The lowest BCUT2D eigenvalue weighted by Gasteiger charge is -2.09. The number of nitrogens with two attached hydrogens (primary N) is 1. The molecule has 0 aliphatic carbocycles. The summed E-state index contributed by atoms with van der Waals surface area (Å²) >= 11 is 3.10. The summed E-state index contributed by atoms with van der Waals surface area (Å²) in [6.45, 7) is 0.0107. The minimum atomic E-state index is -3.50. The van der Waals surface area contributed by atoms with E-state index in [0.717, 1.165) is 4.68 Å². The number of aromatic nitrogens is 2. The van der Waals surface area contributed by atoms with Crippen LogP contribution in [0, 0.1) is 0 Å². The third-order valence-electron chi connectivity index (χ3n) is 2.41. The van der Waals surface area contributed by atoms with E-state index in [1.165, 1.54) is 13.3 Å². The van der Waals surface area contributed by atoms with Crippen LogP contribution in [0.4, 0.5) is 5.69 Å². The van der Waals surface area contributed by atoms with Crippen LogP contribution in [0.1, 0.15) is 6.42 Å². The van der Waals surface area contributed by atoms with Crippen molar-refractivity contribution in [1.82, 2.24) is 9.78 Å². The molecule has 0 amide bonds. The molecule has 0 saturated carbocycles. The number of nitrogens with one attached hydrogen (secondary N) is 1. The molecular formula is C10H15BrN4O5S. The minimum absolute atomic E-state index is 0.162. The number of rotatable bonds is 7. The first-order chi connectivity index (χ1) is 9.74. The van der Waals surface area contributed by atoms with E-state index in [4.69, 9.17) is 5.14 Å². The molecule has 1 aromatic heterocycles. The van der Waals surface area contributed by atoms with Gasteiger partial charge in [0, 0.05) is 6.54 Å². The molecule has 21 heavy (non-hydrogen) atoms. The second kappa shape index (κ2) is 7.52. The van der Waals surface area contributed by atoms with Gasteiger partial charge in [0.15, 0.2) is 0 Å². The zero-order valence-electron chi connectivity index (χ0n) is 11.2. The Bertz CT molecular complexity index is 673. The van der Waals surface area contributed by atoms with Crippen LogP contribution in [-0.2, 0) is 26.1 Å². The molecule has 1 heterocycles. The van der Waals surface area contributed by atoms with E-state index < -0.39 is 21.6 Å². The predicted molar refractivity (Wildman–Crippen MR) is 79.3 cm³/mol. The monoisotopic (exact) mass is 382 g/mol. The minimum Gasteiger partial charge on any atom is -0.468 e. The van der Waals surface area contributed by atoms with E-state index in [2.05, 4.69) is 31.1 Å². The first kappa shape index (κ1) is 17.6. The summed E-state index contributed by atoms with van der Waals surface area (Å²) < 4.78 is 27.1. The zero-order chi connectivity index (χ0) is 16.0. The maximum absolute atomic E-state index is 11.9. The average Bonchev–Trinajstić information content (AvgIpc) is 2.40. The van der Waals surface area contributed by atoms with Crippen LogP contribution in [0.5, 0.6) is 0 Å². The second-order valence-corrected chi connectivity index (χ2v) is 6.59. The van der Waals surface area contributed by atoms with Gasteiger partial charge in [-0.2, -0.15) is 5.10 Å². The summed E-state index contributed by atoms with van der Waals surface area (Å²) in [5.74, 6) is -0.755. The van der Waals surface area contributed by atoms with Gasteiger partial charge in [-0.1, -0.05) is 0 Å². The SMILES string of the molecule is COC(=O)Cn1ncc(NCCCS(N)(=O)=O)c(Br)c1=O. The van der Waals surface area contributed by atoms with Crippen molar-refractivity contribution >= 4 is 37.6 Å². The first-order valence-corrected chi connectivity index (χ1v) is 8.32. The topological polar surface area (TPSA) is 133 Å². The van der Waals surface area contributed by atoms with E-state index in [-0.39, 0.29) is 23.2 Å². The summed E-state index contributed by atoms with van der Waals surface area (Å²) in [7, 11) is -2.29. The number of hydrogen-bond acceptors (Lipinski definition) is 7. The molecule has 0 unspecified atom stereocenters. The molecule has 3 N–H and O–H groups in total. The van der Waals surface area contributed by atoms with Crippen molar-refractivity contribution in [3.05, 3.63) is 21.0 Å². The van der Waals surface area contributed by atoms with Crippen molar-refractivity contribution in [3.8, 4) is 0 Å². The van der Waals surface area contributed by atoms with Crippen LogP contribution in [0.2, 0.25) is 0 Å². The number of esters is 1. The molecule has 0 spiro atoms. The van der Waals surface area contributed by atoms with Crippen molar-refractivity contribution in [3.63, 3.8) is 0 Å². The third kappa shape index (κ3) is 5.81. The summed E-state index contributed by atoms with van der Waals surface area (Å²) in [5, 5.41) is 11.6. The lowest BCUT2D eigenvalue weighted by molar-refractivity contribution is -0.141. The number of methoxy groups -OCH3 is 1. The van der Waals surface area contributed by atoms with Crippen LogP contribution >= 0.6 is 15.9 Å². The normalized spacial score (nSPS) is 11.2. The average molecular weight is 383 g/mol. The molecule has 1 aromatic rings. The number of anilines is 1. The number of hydrogen-bond donors (Lipinski definition) is 2. The summed E-state index contributed by atoms with van der Waals surface area (Å²) in [6.07, 6.45) is 1.64. The van der Waals surface area contributed by atoms with Crippen molar-refractivity contribution in [1.29, 1.82) is 0 Å². The summed E-state index contributed by atoms with van der Waals surface area (Å²) in [4.78, 5) is 23.0. The van der Waals surface area contributed by atoms with Crippen LogP contribution in [-0.4, -0.2) is 43.6 Å². The van der Waals surface area contributed by atoms with Crippen molar-refractivity contribution in [2.45, 2.75) is 13.0 Å². The van der Waals surface area contributed by atoms with Gasteiger partial charge < -0.3 is 10.1 Å². The molecule has 0 aliphatic heterocycles. The van der Waals surface area contributed by atoms with E-state index in [9.17, 15) is 18.0 Å². The number of carbonyl (C=O) groups excluding carboxylic acids is 1. The standard InChI is InChI=1S/C10H15BrN4O5S/c1-20-8(16)6-15-10(17)9(11)7(5-14-15)13-3-2-4-21(12,18)19/h5,13H,2-4,6H2,1H3,(H2,12,18,19). The summed E-state index contributed by atoms with van der Waals surface area (Å²) in [5.41, 5.74) is -0.104. The van der Waals surface area contributed by atoms with Gasteiger partial charge in [-0.25, -0.2) is 18.2 Å². The molecule has 0 radical (unpaired) electrons. The summed E-state index contributed by atoms with van der Waals surface area (Å²) in [6, 6.07) is 0.